The molecule has 0 amide bonds. The second-order valence-corrected chi connectivity index (χ2v) is 6.25. The topological polar surface area (TPSA) is 98.5 Å². The van der Waals surface area contributed by atoms with E-state index in [9.17, 15) is 22.9 Å². The fraction of sp³-hybridized carbons (Fsp3) is 0.500. The molecule has 9 heteroatoms. The molecule has 0 unspecified atom stereocenters. The molecule has 0 aliphatic carbocycles. The molecule has 0 saturated heterocycles. The number of halogens is 1. The summed E-state index contributed by atoms with van der Waals surface area (Å²) >= 11 is 0. The number of ether oxygens (including phenoxy) is 1. The Morgan fingerprint density at radius 1 is 1.43 bits per heavy atom. The van der Waals surface area contributed by atoms with E-state index in [-0.39, 0.29) is 12.6 Å². The predicted molar refractivity (Wildman–Crippen MR) is 73.9 cm³/mol. The van der Waals surface area contributed by atoms with Gasteiger partial charge >= 0.3 is 5.69 Å². The van der Waals surface area contributed by atoms with Crippen LogP contribution in [0.5, 0.6) is 0 Å². The molecule has 1 aromatic carbocycles. The Morgan fingerprint density at radius 2 is 2.10 bits per heavy atom. The first kappa shape index (κ1) is 17.5. The molecule has 118 valence electrons. The van der Waals surface area contributed by atoms with Gasteiger partial charge in [0.05, 0.1) is 11.0 Å². The summed E-state index contributed by atoms with van der Waals surface area (Å²) in [5.41, 5.74) is -1.05. The van der Waals surface area contributed by atoms with Crippen molar-refractivity contribution in [3.05, 3.63) is 34.1 Å². The van der Waals surface area contributed by atoms with E-state index in [0.29, 0.717) is 13.0 Å². The monoisotopic (exact) mass is 320 g/mol. The lowest BCUT2D eigenvalue weighted by Crippen LogP contribution is -2.26. The van der Waals surface area contributed by atoms with Crippen molar-refractivity contribution in [2.24, 2.45) is 0 Å². The molecule has 7 nitrogen and oxygen atoms in total. The van der Waals surface area contributed by atoms with Gasteiger partial charge < -0.3 is 4.74 Å². The van der Waals surface area contributed by atoms with E-state index in [1.165, 1.54) is 0 Å². The highest BCUT2D eigenvalue weighted by Gasteiger charge is 2.28. The van der Waals surface area contributed by atoms with Gasteiger partial charge in [-0.3, -0.25) is 10.1 Å². The average molecular weight is 320 g/mol. The van der Waals surface area contributed by atoms with E-state index in [4.69, 9.17) is 4.74 Å². The number of para-hydroxylation sites is 1. The van der Waals surface area contributed by atoms with Crippen LogP contribution in [-0.2, 0) is 14.8 Å². The third-order valence-corrected chi connectivity index (χ3v) is 3.98. The van der Waals surface area contributed by atoms with Gasteiger partial charge in [0, 0.05) is 13.2 Å². The van der Waals surface area contributed by atoms with Crippen molar-refractivity contribution in [1.82, 2.24) is 4.72 Å². The molecule has 0 aliphatic rings. The van der Waals surface area contributed by atoms with Gasteiger partial charge in [0.15, 0.2) is 4.90 Å². The Balaban J connectivity index is 2.80. The number of hydrogen-bond donors (Lipinski definition) is 1. The van der Waals surface area contributed by atoms with Crippen LogP contribution in [0.25, 0.3) is 0 Å². The quantitative estimate of drug-likeness (QED) is 0.447. The van der Waals surface area contributed by atoms with E-state index in [2.05, 4.69) is 4.72 Å². The van der Waals surface area contributed by atoms with Gasteiger partial charge in [-0.05, 0) is 32.4 Å². The van der Waals surface area contributed by atoms with Crippen molar-refractivity contribution in [3.63, 3.8) is 0 Å². The van der Waals surface area contributed by atoms with E-state index in [1.807, 2.05) is 13.8 Å². The van der Waals surface area contributed by atoms with E-state index in [0.717, 1.165) is 18.2 Å². The number of nitro benzene ring substituents is 1. The number of hydrogen-bond acceptors (Lipinski definition) is 5. The molecule has 0 spiro atoms. The van der Waals surface area contributed by atoms with Gasteiger partial charge in [0.2, 0.25) is 15.8 Å². The highest BCUT2D eigenvalue weighted by atomic mass is 32.2. The number of nitrogens with zero attached hydrogens (tertiary/aromatic N) is 1. The lowest BCUT2D eigenvalue weighted by molar-refractivity contribution is -0.390. The van der Waals surface area contributed by atoms with E-state index in [1.54, 1.807) is 0 Å². The maximum atomic E-state index is 13.4. The number of nitro groups is 1. The first-order valence-electron chi connectivity index (χ1n) is 6.30. The first-order chi connectivity index (χ1) is 9.75. The van der Waals surface area contributed by atoms with Crippen molar-refractivity contribution in [1.29, 1.82) is 0 Å². The molecule has 0 saturated carbocycles. The lowest BCUT2D eigenvalue weighted by atomic mass is 10.3. The molecule has 0 atom stereocenters. The Hall–Kier alpha value is -1.58. The SMILES string of the molecule is CC(C)OCCCNS(=O)(=O)c1cccc(F)c1[N+](=O)[O-]. The van der Waals surface area contributed by atoms with Gasteiger partial charge in [-0.25, -0.2) is 13.1 Å². The zero-order valence-corrected chi connectivity index (χ0v) is 12.5. The Kier molecular flexibility index (Phi) is 6.19. The van der Waals surface area contributed by atoms with Crippen molar-refractivity contribution in [2.75, 3.05) is 13.2 Å². The van der Waals surface area contributed by atoms with Crippen molar-refractivity contribution in [3.8, 4) is 0 Å². The summed E-state index contributed by atoms with van der Waals surface area (Å²) in [6.07, 6.45) is 0.437. The summed E-state index contributed by atoms with van der Waals surface area (Å²) in [5.74, 6) is -1.19. The molecule has 0 aromatic heterocycles. The van der Waals surface area contributed by atoms with Gasteiger partial charge in [0.25, 0.3) is 0 Å². The van der Waals surface area contributed by atoms with E-state index < -0.39 is 31.3 Å². The molecule has 1 N–H and O–H groups in total. The smallest absolute Gasteiger partial charge is 0.324 e. The van der Waals surface area contributed by atoms with Crippen LogP contribution in [0.15, 0.2) is 23.1 Å². The van der Waals surface area contributed by atoms with Crippen LogP contribution in [0.4, 0.5) is 10.1 Å². The molecule has 21 heavy (non-hydrogen) atoms. The van der Waals surface area contributed by atoms with Crippen LogP contribution in [0, 0.1) is 15.9 Å². The van der Waals surface area contributed by atoms with Crippen LogP contribution in [-0.4, -0.2) is 32.6 Å². The Bertz CT molecular complexity index is 604. The zero-order valence-electron chi connectivity index (χ0n) is 11.7. The second kappa shape index (κ2) is 7.43. The summed E-state index contributed by atoms with van der Waals surface area (Å²) in [6.45, 7) is 4.09. The minimum Gasteiger partial charge on any atom is -0.379 e. The Morgan fingerprint density at radius 3 is 2.67 bits per heavy atom. The fourth-order valence-corrected chi connectivity index (χ4v) is 2.82. The van der Waals surface area contributed by atoms with Gasteiger partial charge in [-0.2, -0.15) is 4.39 Å². The predicted octanol–water partition coefficient (Wildman–Crippen LogP) is 1.83. The molecule has 0 aliphatic heterocycles. The maximum absolute atomic E-state index is 13.4. The number of rotatable bonds is 8. The standard InChI is InChI=1S/C12H17FN2O5S/c1-9(2)20-8-4-7-14-21(18,19)11-6-3-5-10(13)12(11)15(16)17/h3,5-6,9,14H,4,7-8H2,1-2H3. The summed E-state index contributed by atoms with van der Waals surface area (Å²) in [6, 6.07) is 2.95. The van der Waals surface area contributed by atoms with Gasteiger partial charge in [-0.1, -0.05) is 6.07 Å². The molecule has 0 bridgehead atoms. The Labute approximate surface area is 122 Å². The zero-order chi connectivity index (χ0) is 16.0. The van der Waals surface area contributed by atoms with E-state index >= 15 is 0 Å². The number of nitrogens with one attached hydrogen (secondary N) is 1. The lowest BCUT2D eigenvalue weighted by Gasteiger charge is -2.09. The third-order valence-electron chi connectivity index (χ3n) is 2.49. The van der Waals surface area contributed by atoms with Gasteiger partial charge in [-0.15, -0.1) is 0 Å². The summed E-state index contributed by atoms with van der Waals surface area (Å²) in [4.78, 5) is 9.06. The molecule has 0 heterocycles. The minimum absolute atomic E-state index is 0.0333. The molecule has 0 fully saturated rings. The van der Waals surface area contributed by atoms with Crippen molar-refractivity contribution in [2.45, 2.75) is 31.3 Å². The minimum atomic E-state index is -4.15. The van der Waals surface area contributed by atoms with Crippen LogP contribution >= 0.6 is 0 Å². The summed E-state index contributed by atoms with van der Waals surface area (Å²) in [7, 11) is -4.15. The van der Waals surface area contributed by atoms with Gasteiger partial charge in [0.1, 0.15) is 0 Å². The average Bonchev–Trinajstić information content (AvgIpc) is 2.37. The highest BCUT2D eigenvalue weighted by Crippen LogP contribution is 2.26. The van der Waals surface area contributed by atoms with Crippen molar-refractivity contribution >= 4 is 15.7 Å². The molecule has 1 rings (SSSR count). The van der Waals surface area contributed by atoms with Crippen LogP contribution in [0.2, 0.25) is 0 Å². The molecule has 0 radical (unpaired) electrons. The third kappa shape index (κ3) is 5.03. The summed E-state index contributed by atoms with van der Waals surface area (Å²) < 4.78 is 44.8. The molecule has 1 aromatic rings. The van der Waals surface area contributed by atoms with Crippen LogP contribution in [0.3, 0.4) is 0 Å². The van der Waals surface area contributed by atoms with Crippen LogP contribution in [0.1, 0.15) is 20.3 Å². The highest BCUT2D eigenvalue weighted by molar-refractivity contribution is 7.89. The fourth-order valence-electron chi connectivity index (χ4n) is 1.57. The van der Waals surface area contributed by atoms with Crippen LogP contribution < -0.4 is 4.72 Å². The normalized spacial score (nSPS) is 11.8. The van der Waals surface area contributed by atoms with Crippen molar-refractivity contribution < 1.29 is 22.5 Å². The molecular formula is C12H17FN2O5S. The first-order valence-corrected chi connectivity index (χ1v) is 7.78. The maximum Gasteiger partial charge on any atom is 0.324 e. The largest absolute Gasteiger partial charge is 0.379 e. The number of sulfonamides is 1. The summed E-state index contributed by atoms with van der Waals surface area (Å²) in [5, 5.41) is 10.8. The molecular weight excluding hydrogens is 303 g/mol. The number of benzene rings is 1. The second-order valence-electron chi connectivity index (χ2n) is 4.51.